The first kappa shape index (κ1) is 78.6. The molecule has 0 aromatic carbocycles. The van der Waals surface area contributed by atoms with E-state index >= 15 is 0 Å². The minimum Gasteiger partial charge on any atom is -0.466 e. The van der Waals surface area contributed by atoms with E-state index in [1.54, 1.807) is 0 Å². The van der Waals surface area contributed by atoms with Crippen molar-refractivity contribution in [2.24, 2.45) is 0 Å². The van der Waals surface area contributed by atoms with Crippen LogP contribution in [-0.4, -0.2) is 47.4 Å². The molecule has 1 amide bonds. The molecule has 80 heavy (non-hydrogen) atoms. The molecule has 0 aromatic heterocycles. The molecule has 2 atom stereocenters. The van der Waals surface area contributed by atoms with Crippen molar-refractivity contribution in [1.82, 2.24) is 5.32 Å². The minimum absolute atomic E-state index is 0.00890. The summed E-state index contributed by atoms with van der Waals surface area (Å²) in [6.07, 6.45) is 87.0. The summed E-state index contributed by atoms with van der Waals surface area (Å²) in [5, 5.41) is 23.5. The molecule has 2 unspecified atom stereocenters. The zero-order valence-corrected chi connectivity index (χ0v) is 54.6. The largest absolute Gasteiger partial charge is 0.466 e. The highest BCUT2D eigenvalue weighted by molar-refractivity contribution is 5.76. The van der Waals surface area contributed by atoms with Gasteiger partial charge in [-0.15, -0.1) is 0 Å². The van der Waals surface area contributed by atoms with Crippen LogP contribution in [-0.2, 0) is 14.3 Å². The third kappa shape index (κ3) is 65.7. The molecular formula is C74H145NO5. The Morgan fingerprint density at radius 3 is 0.887 bits per heavy atom. The topological polar surface area (TPSA) is 95.9 Å². The average Bonchev–Trinajstić information content (AvgIpc) is 3.46. The van der Waals surface area contributed by atoms with Crippen LogP contribution in [0.3, 0.4) is 0 Å². The molecule has 0 aliphatic heterocycles. The molecule has 0 heterocycles. The Morgan fingerprint density at radius 2 is 0.588 bits per heavy atom. The number of amides is 1. The van der Waals surface area contributed by atoms with E-state index in [2.05, 4.69) is 31.3 Å². The first-order chi connectivity index (χ1) is 39.5. The van der Waals surface area contributed by atoms with Crippen LogP contribution >= 0.6 is 0 Å². The second-order valence-corrected chi connectivity index (χ2v) is 25.6. The number of carbonyl (C=O) groups is 2. The van der Waals surface area contributed by atoms with Gasteiger partial charge in [0.2, 0.25) is 5.91 Å². The molecule has 6 heteroatoms. The van der Waals surface area contributed by atoms with Gasteiger partial charge in [-0.2, -0.15) is 0 Å². The monoisotopic (exact) mass is 1130 g/mol. The first-order valence-electron chi connectivity index (χ1n) is 36.9. The van der Waals surface area contributed by atoms with Crippen molar-refractivity contribution < 1.29 is 24.5 Å². The SMILES string of the molecule is CCCCCCCC/C=C\CCCCCCCC(=O)OCCCCCCCCCCCCCCCCCCCCCCCCCCC(=O)NC(CO)C(O)CCCCCCCCCCCCCCCCCCCCCCCCCC. The van der Waals surface area contributed by atoms with Gasteiger partial charge in [0.25, 0.3) is 0 Å². The molecule has 0 fully saturated rings. The first-order valence-corrected chi connectivity index (χ1v) is 36.9. The molecule has 6 nitrogen and oxygen atoms in total. The number of hydrogen-bond acceptors (Lipinski definition) is 5. The van der Waals surface area contributed by atoms with E-state index in [4.69, 9.17) is 4.74 Å². The smallest absolute Gasteiger partial charge is 0.305 e. The van der Waals surface area contributed by atoms with E-state index in [-0.39, 0.29) is 18.5 Å². The maximum Gasteiger partial charge on any atom is 0.305 e. The highest BCUT2D eigenvalue weighted by Crippen LogP contribution is 2.20. The molecule has 476 valence electrons. The number of hydrogen-bond donors (Lipinski definition) is 3. The van der Waals surface area contributed by atoms with Crippen LogP contribution < -0.4 is 5.32 Å². The van der Waals surface area contributed by atoms with Crippen molar-refractivity contribution >= 4 is 11.9 Å². The number of ether oxygens (including phenoxy) is 1. The average molecular weight is 1130 g/mol. The summed E-state index contributed by atoms with van der Waals surface area (Å²) < 4.78 is 5.49. The summed E-state index contributed by atoms with van der Waals surface area (Å²) in [6.45, 7) is 4.99. The van der Waals surface area contributed by atoms with Crippen LogP contribution in [0.4, 0.5) is 0 Å². The van der Waals surface area contributed by atoms with E-state index in [1.807, 2.05) is 0 Å². The molecule has 0 saturated carbocycles. The van der Waals surface area contributed by atoms with Crippen LogP contribution in [0.15, 0.2) is 12.2 Å². The second-order valence-electron chi connectivity index (χ2n) is 25.6. The maximum absolute atomic E-state index is 12.6. The molecule has 0 radical (unpaired) electrons. The number of unbranched alkanes of at least 4 members (excludes halogenated alkanes) is 57. The van der Waals surface area contributed by atoms with Crippen molar-refractivity contribution in [2.75, 3.05) is 13.2 Å². The number of esters is 1. The van der Waals surface area contributed by atoms with Crippen LogP contribution in [0.25, 0.3) is 0 Å². The van der Waals surface area contributed by atoms with Gasteiger partial charge in [-0.05, 0) is 51.4 Å². The van der Waals surface area contributed by atoms with Crippen molar-refractivity contribution in [3.63, 3.8) is 0 Å². The summed E-state index contributed by atoms with van der Waals surface area (Å²) in [5.41, 5.74) is 0. The fourth-order valence-electron chi connectivity index (χ4n) is 11.9. The number of carbonyl (C=O) groups excluding carboxylic acids is 2. The van der Waals surface area contributed by atoms with Gasteiger partial charge >= 0.3 is 5.97 Å². The molecule has 0 aliphatic rings. The molecule has 0 aromatic rings. The molecule has 0 bridgehead atoms. The third-order valence-electron chi connectivity index (χ3n) is 17.6. The molecule has 0 saturated heterocycles. The lowest BCUT2D eigenvalue weighted by molar-refractivity contribution is -0.143. The van der Waals surface area contributed by atoms with Gasteiger partial charge in [0.15, 0.2) is 0 Å². The standard InChI is InChI=1S/C74H145NO5/c1-3-5-7-9-11-13-15-17-19-20-21-22-23-26-29-32-35-39-42-46-50-54-58-62-66-72(77)71(70-76)75-73(78)67-63-59-55-51-47-43-40-36-33-30-27-24-25-28-31-34-37-41-45-49-53-57-61-65-69-80-74(79)68-64-60-56-52-48-44-38-18-16-14-12-10-8-6-4-2/h18,38,71-72,76-77H,3-17,19-37,39-70H2,1-2H3,(H,75,78)/b38-18-. The lowest BCUT2D eigenvalue weighted by Gasteiger charge is -2.22. The Morgan fingerprint density at radius 1 is 0.338 bits per heavy atom. The van der Waals surface area contributed by atoms with Gasteiger partial charge in [-0.1, -0.05) is 373 Å². The van der Waals surface area contributed by atoms with E-state index in [9.17, 15) is 19.8 Å². The van der Waals surface area contributed by atoms with Gasteiger partial charge < -0.3 is 20.3 Å². The van der Waals surface area contributed by atoms with Crippen LogP contribution in [0.1, 0.15) is 425 Å². The van der Waals surface area contributed by atoms with Crippen LogP contribution in [0, 0.1) is 0 Å². The van der Waals surface area contributed by atoms with Gasteiger partial charge in [-0.25, -0.2) is 0 Å². The molecule has 0 spiro atoms. The normalized spacial score (nSPS) is 12.5. The fraction of sp³-hybridized carbons (Fsp3) is 0.946. The van der Waals surface area contributed by atoms with Gasteiger partial charge in [0.1, 0.15) is 0 Å². The summed E-state index contributed by atoms with van der Waals surface area (Å²) in [6, 6.07) is -0.542. The van der Waals surface area contributed by atoms with Crippen molar-refractivity contribution in [1.29, 1.82) is 0 Å². The van der Waals surface area contributed by atoms with E-state index in [0.29, 0.717) is 25.9 Å². The quantitative estimate of drug-likeness (QED) is 0.0320. The van der Waals surface area contributed by atoms with Crippen LogP contribution in [0.2, 0.25) is 0 Å². The van der Waals surface area contributed by atoms with Gasteiger partial charge in [0, 0.05) is 12.8 Å². The Bertz CT molecular complexity index is 1210. The Balaban J connectivity index is 3.36. The summed E-state index contributed by atoms with van der Waals surface area (Å²) in [4.78, 5) is 24.6. The minimum atomic E-state index is -0.665. The van der Waals surface area contributed by atoms with Gasteiger partial charge in [0.05, 0.1) is 25.4 Å². The predicted octanol–water partition coefficient (Wildman–Crippen LogP) is 23.9. The highest BCUT2D eigenvalue weighted by atomic mass is 16.5. The fourth-order valence-corrected chi connectivity index (χ4v) is 11.9. The lowest BCUT2D eigenvalue weighted by Crippen LogP contribution is -2.45. The molecule has 3 N–H and O–H groups in total. The van der Waals surface area contributed by atoms with Crippen molar-refractivity contribution in [2.45, 2.75) is 437 Å². The third-order valence-corrected chi connectivity index (χ3v) is 17.6. The van der Waals surface area contributed by atoms with Gasteiger partial charge in [-0.3, -0.25) is 9.59 Å². The van der Waals surface area contributed by atoms with E-state index < -0.39 is 12.1 Å². The second kappa shape index (κ2) is 70.1. The predicted molar refractivity (Wildman–Crippen MR) is 352 cm³/mol. The Hall–Kier alpha value is -1.40. The summed E-state index contributed by atoms with van der Waals surface area (Å²) in [5.74, 6) is -0.0193. The van der Waals surface area contributed by atoms with E-state index in [1.165, 1.54) is 347 Å². The zero-order valence-electron chi connectivity index (χ0n) is 54.6. The summed E-state index contributed by atoms with van der Waals surface area (Å²) in [7, 11) is 0. The summed E-state index contributed by atoms with van der Waals surface area (Å²) >= 11 is 0. The van der Waals surface area contributed by atoms with Crippen molar-refractivity contribution in [3.8, 4) is 0 Å². The molecular weight excluding hydrogens is 983 g/mol. The number of aliphatic hydroxyl groups is 2. The highest BCUT2D eigenvalue weighted by Gasteiger charge is 2.20. The van der Waals surface area contributed by atoms with Crippen LogP contribution in [0.5, 0.6) is 0 Å². The zero-order chi connectivity index (χ0) is 57.8. The molecule has 0 aliphatic carbocycles. The Labute approximate surface area is 501 Å². The Kier molecular flexibility index (Phi) is 68.9. The number of nitrogens with one attached hydrogen (secondary N) is 1. The number of allylic oxidation sites excluding steroid dienone is 2. The van der Waals surface area contributed by atoms with E-state index in [0.717, 1.165) is 44.9 Å². The number of rotatable bonds is 70. The number of aliphatic hydroxyl groups excluding tert-OH is 2. The van der Waals surface area contributed by atoms with Crippen molar-refractivity contribution in [3.05, 3.63) is 12.2 Å². The lowest BCUT2D eigenvalue weighted by atomic mass is 10.0. The maximum atomic E-state index is 12.6. The molecule has 0 rings (SSSR count).